The van der Waals surface area contributed by atoms with Crippen molar-refractivity contribution in [3.8, 4) is 0 Å². The van der Waals surface area contributed by atoms with Crippen LogP contribution in [0.5, 0.6) is 0 Å². The van der Waals surface area contributed by atoms with Gasteiger partial charge in [0.05, 0.1) is 22.6 Å². The maximum atomic E-state index is 5.97. The quantitative estimate of drug-likeness (QED) is 0.816. The molecule has 0 unspecified atom stereocenters. The summed E-state index contributed by atoms with van der Waals surface area (Å²) in [6.07, 6.45) is 3.13. The van der Waals surface area contributed by atoms with Crippen molar-refractivity contribution in [2.24, 2.45) is 0 Å². The number of hydrogen-bond donors (Lipinski definition) is 2. The van der Waals surface area contributed by atoms with E-state index >= 15 is 0 Å². The largest absolute Gasteiger partial charge is 0.396 e. The number of nitrogens with zero attached hydrogens (tertiary/aromatic N) is 1. The van der Waals surface area contributed by atoms with Gasteiger partial charge in [0.1, 0.15) is 0 Å². The Hall–Kier alpha value is -1.74. The lowest BCUT2D eigenvalue weighted by molar-refractivity contribution is 1.33. The van der Waals surface area contributed by atoms with Crippen LogP contribution in [0.2, 0.25) is 5.02 Å². The van der Waals surface area contributed by atoms with Gasteiger partial charge < -0.3 is 11.1 Å². The third-order valence-corrected chi connectivity index (χ3v) is 2.26. The van der Waals surface area contributed by atoms with Crippen molar-refractivity contribution in [1.82, 2.24) is 4.98 Å². The van der Waals surface area contributed by atoms with E-state index in [9.17, 15) is 0 Å². The third-order valence-electron chi connectivity index (χ3n) is 1.97. The van der Waals surface area contributed by atoms with Gasteiger partial charge in [-0.25, -0.2) is 0 Å². The average molecular weight is 220 g/mol. The van der Waals surface area contributed by atoms with Crippen molar-refractivity contribution >= 4 is 28.7 Å². The molecule has 0 bridgehead atoms. The van der Waals surface area contributed by atoms with Gasteiger partial charge in [-0.2, -0.15) is 0 Å². The number of halogens is 1. The number of nitrogen functional groups attached to an aromatic ring is 1. The van der Waals surface area contributed by atoms with Gasteiger partial charge in [-0.05, 0) is 12.1 Å². The fourth-order valence-electron chi connectivity index (χ4n) is 1.25. The van der Waals surface area contributed by atoms with Crippen molar-refractivity contribution < 1.29 is 0 Å². The van der Waals surface area contributed by atoms with Crippen LogP contribution in [0.25, 0.3) is 0 Å². The second-order valence-electron chi connectivity index (χ2n) is 3.08. The first-order valence-corrected chi connectivity index (χ1v) is 4.86. The van der Waals surface area contributed by atoms with Gasteiger partial charge in [-0.3, -0.25) is 4.98 Å². The monoisotopic (exact) mass is 219 g/mol. The second-order valence-corrected chi connectivity index (χ2v) is 3.48. The van der Waals surface area contributed by atoms with E-state index < -0.39 is 0 Å². The fraction of sp³-hybridized carbons (Fsp3) is 0. The van der Waals surface area contributed by atoms with Crippen LogP contribution in [-0.2, 0) is 0 Å². The van der Waals surface area contributed by atoms with Gasteiger partial charge >= 0.3 is 0 Å². The summed E-state index contributed by atoms with van der Waals surface area (Å²) in [7, 11) is 0. The van der Waals surface area contributed by atoms with Crippen LogP contribution in [0.15, 0.2) is 42.7 Å². The molecule has 3 N–H and O–H groups in total. The second kappa shape index (κ2) is 4.19. The summed E-state index contributed by atoms with van der Waals surface area (Å²) >= 11 is 5.97. The van der Waals surface area contributed by atoms with Crippen molar-refractivity contribution in [2.45, 2.75) is 0 Å². The zero-order valence-electron chi connectivity index (χ0n) is 7.94. The maximum Gasteiger partial charge on any atom is 0.0845 e. The smallest absolute Gasteiger partial charge is 0.0845 e. The Morgan fingerprint density at radius 1 is 1.13 bits per heavy atom. The molecule has 2 rings (SSSR count). The van der Waals surface area contributed by atoms with E-state index in [4.69, 9.17) is 17.3 Å². The Labute approximate surface area is 92.9 Å². The van der Waals surface area contributed by atoms with Crippen molar-refractivity contribution in [3.05, 3.63) is 47.7 Å². The fourth-order valence-corrected chi connectivity index (χ4v) is 1.46. The summed E-state index contributed by atoms with van der Waals surface area (Å²) in [5.41, 5.74) is 7.93. The molecule has 1 aromatic carbocycles. The van der Waals surface area contributed by atoms with Crippen LogP contribution < -0.4 is 11.1 Å². The Balaban J connectivity index is 2.32. The van der Waals surface area contributed by atoms with Crippen molar-refractivity contribution in [1.29, 1.82) is 0 Å². The van der Waals surface area contributed by atoms with Crippen LogP contribution in [0.3, 0.4) is 0 Å². The van der Waals surface area contributed by atoms with Gasteiger partial charge in [-0.1, -0.05) is 29.8 Å². The lowest BCUT2D eigenvalue weighted by atomic mass is 10.3. The number of rotatable bonds is 2. The molecule has 3 nitrogen and oxygen atoms in total. The number of nitrogens with one attached hydrogen (secondary N) is 1. The summed E-state index contributed by atoms with van der Waals surface area (Å²) in [5.74, 6) is 0. The van der Waals surface area contributed by atoms with E-state index in [0.29, 0.717) is 16.4 Å². The number of nitrogens with two attached hydrogens (primary N) is 1. The Morgan fingerprint density at radius 3 is 2.53 bits per heavy atom. The molecule has 0 aliphatic heterocycles. The van der Waals surface area contributed by atoms with Crippen LogP contribution in [0.1, 0.15) is 0 Å². The molecule has 2 aromatic rings. The molecule has 0 saturated carbocycles. The minimum Gasteiger partial charge on any atom is -0.396 e. The molecular formula is C11H10ClN3. The zero-order chi connectivity index (χ0) is 10.7. The van der Waals surface area contributed by atoms with E-state index in [1.54, 1.807) is 12.4 Å². The standard InChI is InChI=1S/C11H10ClN3/c12-9-6-14-7-10(13)11(9)15-8-4-2-1-3-5-8/h1-7H,13H2,(H,14,15). The maximum absolute atomic E-state index is 5.97. The van der Waals surface area contributed by atoms with E-state index in [0.717, 1.165) is 5.69 Å². The highest BCUT2D eigenvalue weighted by Crippen LogP contribution is 2.29. The minimum atomic E-state index is 0.513. The molecule has 0 atom stereocenters. The molecule has 4 heteroatoms. The lowest BCUT2D eigenvalue weighted by Gasteiger charge is -2.10. The minimum absolute atomic E-state index is 0.513. The SMILES string of the molecule is Nc1cncc(Cl)c1Nc1ccccc1. The van der Waals surface area contributed by atoms with E-state index in [-0.39, 0.29) is 0 Å². The van der Waals surface area contributed by atoms with Crippen molar-refractivity contribution in [2.75, 3.05) is 11.1 Å². The molecule has 0 fully saturated rings. The van der Waals surface area contributed by atoms with Crippen LogP contribution in [0, 0.1) is 0 Å². The molecule has 0 amide bonds. The average Bonchev–Trinajstić information content (AvgIpc) is 2.25. The lowest BCUT2D eigenvalue weighted by Crippen LogP contribution is -1.97. The molecule has 76 valence electrons. The van der Waals surface area contributed by atoms with Crippen LogP contribution in [-0.4, -0.2) is 4.98 Å². The molecular weight excluding hydrogens is 210 g/mol. The summed E-state index contributed by atoms with van der Waals surface area (Å²) < 4.78 is 0. The molecule has 0 spiro atoms. The van der Waals surface area contributed by atoms with E-state index in [1.165, 1.54) is 0 Å². The van der Waals surface area contributed by atoms with E-state index in [2.05, 4.69) is 10.3 Å². The summed E-state index contributed by atoms with van der Waals surface area (Å²) in [6, 6.07) is 9.70. The Kier molecular flexibility index (Phi) is 2.74. The number of aromatic nitrogens is 1. The molecule has 0 aliphatic rings. The molecule has 0 saturated heterocycles. The Morgan fingerprint density at radius 2 is 1.87 bits per heavy atom. The van der Waals surface area contributed by atoms with E-state index in [1.807, 2.05) is 30.3 Å². The number of pyridine rings is 1. The third kappa shape index (κ3) is 2.19. The molecule has 1 heterocycles. The van der Waals surface area contributed by atoms with Crippen molar-refractivity contribution in [3.63, 3.8) is 0 Å². The molecule has 0 radical (unpaired) electrons. The number of anilines is 3. The van der Waals surface area contributed by atoms with Crippen LogP contribution >= 0.6 is 11.6 Å². The highest BCUT2D eigenvalue weighted by atomic mass is 35.5. The first kappa shape index (κ1) is 9.80. The van der Waals surface area contributed by atoms with Gasteiger partial charge in [0, 0.05) is 11.9 Å². The summed E-state index contributed by atoms with van der Waals surface area (Å²) in [6.45, 7) is 0. The predicted molar refractivity (Wildman–Crippen MR) is 63.4 cm³/mol. The molecule has 1 aromatic heterocycles. The number of benzene rings is 1. The van der Waals surface area contributed by atoms with Gasteiger partial charge in [0.25, 0.3) is 0 Å². The highest BCUT2D eigenvalue weighted by Gasteiger charge is 2.04. The zero-order valence-corrected chi connectivity index (χ0v) is 8.70. The first-order valence-electron chi connectivity index (χ1n) is 4.48. The normalized spacial score (nSPS) is 9.93. The number of para-hydroxylation sites is 1. The summed E-state index contributed by atoms with van der Waals surface area (Å²) in [5, 5.41) is 3.66. The van der Waals surface area contributed by atoms with Crippen LogP contribution in [0.4, 0.5) is 17.1 Å². The Bertz CT molecular complexity index is 436. The molecule has 0 aliphatic carbocycles. The summed E-state index contributed by atoms with van der Waals surface area (Å²) in [4.78, 5) is 3.89. The molecule has 15 heavy (non-hydrogen) atoms. The highest BCUT2D eigenvalue weighted by molar-refractivity contribution is 6.33. The first-order chi connectivity index (χ1) is 7.27. The van der Waals surface area contributed by atoms with Gasteiger partial charge in [-0.15, -0.1) is 0 Å². The predicted octanol–water partition coefficient (Wildman–Crippen LogP) is 3.06. The van der Waals surface area contributed by atoms with Gasteiger partial charge in [0.15, 0.2) is 0 Å². The van der Waals surface area contributed by atoms with Gasteiger partial charge in [0.2, 0.25) is 0 Å². The number of hydrogen-bond acceptors (Lipinski definition) is 3. The topological polar surface area (TPSA) is 50.9 Å².